The molecule has 0 aliphatic carbocycles. The molecule has 3 nitrogen and oxygen atoms in total. The highest BCUT2D eigenvalue weighted by Gasteiger charge is 2.23. The standard InChI is InChI=1S/C20H22N2OS2/c23-19(16-6-8-17(9-7-16)20-24-14-15-25-20)22-12-10-21(11-13-22)18-4-2-1-3-5-18/h1-9,20H,10-15H2. The van der Waals surface area contributed by atoms with Crippen molar-refractivity contribution >= 4 is 35.1 Å². The van der Waals surface area contributed by atoms with Gasteiger partial charge in [0.05, 0.1) is 4.58 Å². The van der Waals surface area contributed by atoms with Crippen molar-refractivity contribution in [3.05, 3.63) is 65.7 Å². The average molecular weight is 371 g/mol. The van der Waals surface area contributed by atoms with Crippen LogP contribution in [-0.2, 0) is 0 Å². The number of thioether (sulfide) groups is 2. The van der Waals surface area contributed by atoms with Crippen LogP contribution in [0.3, 0.4) is 0 Å². The highest BCUT2D eigenvalue weighted by Crippen LogP contribution is 2.45. The monoisotopic (exact) mass is 370 g/mol. The van der Waals surface area contributed by atoms with E-state index in [-0.39, 0.29) is 5.91 Å². The first kappa shape index (κ1) is 16.9. The summed E-state index contributed by atoms with van der Waals surface area (Å²) in [7, 11) is 0. The third kappa shape index (κ3) is 3.82. The van der Waals surface area contributed by atoms with Gasteiger partial charge >= 0.3 is 0 Å². The van der Waals surface area contributed by atoms with E-state index in [1.807, 2.05) is 46.6 Å². The first-order valence-corrected chi connectivity index (χ1v) is 10.8. The maximum Gasteiger partial charge on any atom is 0.253 e. The molecule has 0 aromatic heterocycles. The van der Waals surface area contributed by atoms with Crippen LogP contribution < -0.4 is 4.90 Å². The van der Waals surface area contributed by atoms with Gasteiger partial charge in [0.1, 0.15) is 0 Å². The minimum Gasteiger partial charge on any atom is -0.368 e. The van der Waals surface area contributed by atoms with E-state index < -0.39 is 0 Å². The molecule has 130 valence electrons. The Kier molecular flexibility index (Phi) is 5.22. The third-order valence-corrected chi connectivity index (χ3v) is 7.84. The first-order chi connectivity index (χ1) is 12.3. The number of benzene rings is 2. The van der Waals surface area contributed by atoms with E-state index in [0.717, 1.165) is 31.7 Å². The highest BCUT2D eigenvalue weighted by molar-refractivity contribution is 8.19. The first-order valence-electron chi connectivity index (χ1n) is 8.74. The number of piperazine rings is 1. The van der Waals surface area contributed by atoms with Gasteiger partial charge in [0, 0.05) is 48.9 Å². The van der Waals surface area contributed by atoms with Crippen LogP contribution in [0.2, 0.25) is 0 Å². The Morgan fingerprint density at radius 3 is 2.12 bits per heavy atom. The van der Waals surface area contributed by atoms with E-state index in [0.29, 0.717) is 4.58 Å². The Bertz CT molecular complexity index is 706. The molecular weight excluding hydrogens is 348 g/mol. The van der Waals surface area contributed by atoms with E-state index in [1.165, 1.54) is 22.8 Å². The van der Waals surface area contributed by atoms with Crippen molar-refractivity contribution in [2.24, 2.45) is 0 Å². The molecule has 2 saturated heterocycles. The quantitative estimate of drug-likeness (QED) is 0.811. The molecule has 0 spiro atoms. The average Bonchev–Trinajstić information content (AvgIpc) is 3.23. The molecule has 2 fully saturated rings. The molecular formula is C20H22N2OS2. The van der Waals surface area contributed by atoms with Crippen molar-refractivity contribution < 1.29 is 4.79 Å². The predicted octanol–water partition coefficient (Wildman–Crippen LogP) is 4.13. The second-order valence-corrected chi connectivity index (χ2v) is 9.03. The number of anilines is 1. The van der Waals surface area contributed by atoms with Gasteiger partial charge < -0.3 is 9.80 Å². The lowest BCUT2D eigenvalue weighted by Gasteiger charge is -2.36. The van der Waals surface area contributed by atoms with Gasteiger partial charge in [-0.25, -0.2) is 0 Å². The van der Waals surface area contributed by atoms with Crippen LogP contribution in [-0.4, -0.2) is 48.5 Å². The molecule has 0 N–H and O–H groups in total. The van der Waals surface area contributed by atoms with Crippen LogP contribution in [0.4, 0.5) is 5.69 Å². The topological polar surface area (TPSA) is 23.6 Å². The lowest BCUT2D eigenvalue weighted by Crippen LogP contribution is -2.48. The van der Waals surface area contributed by atoms with Gasteiger partial charge in [-0.3, -0.25) is 4.79 Å². The Labute approximate surface area is 157 Å². The number of para-hydroxylation sites is 1. The predicted molar refractivity (Wildman–Crippen MR) is 109 cm³/mol. The Morgan fingerprint density at radius 2 is 1.48 bits per heavy atom. The molecule has 0 saturated carbocycles. The number of hydrogen-bond donors (Lipinski definition) is 0. The van der Waals surface area contributed by atoms with Crippen LogP contribution in [0.5, 0.6) is 0 Å². The van der Waals surface area contributed by atoms with E-state index in [4.69, 9.17) is 0 Å². The summed E-state index contributed by atoms with van der Waals surface area (Å²) in [5.41, 5.74) is 3.38. The van der Waals surface area contributed by atoms with Gasteiger partial charge in [-0.1, -0.05) is 30.3 Å². The maximum absolute atomic E-state index is 12.8. The van der Waals surface area contributed by atoms with Gasteiger partial charge in [0.2, 0.25) is 0 Å². The minimum absolute atomic E-state index is 0.158. The highest BCUT2D eigenvalue weighted by atomic mass is 32.2. The fourth-order valence-corrected chi connectivity index (χ4v) is 6.18. The van der Waals surface area contributed by atoms with E-state index in [1.54, 1.807) is 0 Å². The van der Waals surface area contributed by atoms with E-state index >= 15 is 0 Å². The summed E-state index contributed by atoms with van der Waals surface area (Å²) in [5, 5.41) is 0. The second-order valence-electron chi connectivity index (χ2n) is 6.31. The van der Waals surface area contributed by atoms with Gasteiger partial charge in [-0.2, -0.15) is 0 Å². The zero-order chi connectivity index (χ0) is 17.1. The molecule has 2 heterocycles. The molecule has 25 heavy (non-hydrogen) atoms. The number of carbonyl (C=O) groups is 1. The van der Waals surface area contributed by atoms with Crippen LogP contribution in [0.25, 0.3) is 0 Å². The summed E-state index contributed by atoms with van der Waals surface area (Å²) in [4.78, 5) is 17.1. The van der Waals surface area contributed by atoms with E-state index in [2.05, 4.69) is 41.3 Å². The molecule has 0 bridgehead atoms. The maximum atomic E-state index is 12.8. The Morgan fingerprint density at radius 1 is 0.840 bits per heavy atom. The molecule has 2 aromatic carbocycles. The normalized spacial score (nSPS) is 18.6. The Balaban J connectivity index is 1.37. The molecule has 4 rings (SSSR count). The lowest BCUT2D eigenvalue weighted by molar-refractivity contribution is 0.0747. The van der Waals surface area contributed by atoms with Gasteiger partial charge in [-0.15, -0.1) is 23.5 Å². The van der Waals surface area contributed by atoms with E-state index in [9.17, 15) is 4.79 Å². The minimum atomic E-state index is 0.158. The lowest BCUT2D eigenvalue weighted by atomic mass is 10.1. The summed E-state index contributed by atoms with van der Waals surface area (Å²) in [6.07, 6.45) is 0. The zero-order valence-corrected chi connectivity index (χ0v) is 15.8. The van der Waals surface area contributed by atoms with Crippen LogP contribution in [0.15, 0.2) is 54.6 Å². The van der Waals surface area contributed by atoms with Gasteiger partial charge in [0.15, 0.2) is 0 Å². The Hall–Kier alpha value is -1.59. The molecule has 5 heteroatoms. The number of amides is 1. The number of hydrogen-bond acceptors (Lipinski definition) is 4. The molecule has 0 unspecified atom stereocenters. The van der Waals surface area contributed by atoms with Crippen molar-refractivity contribution in [1.29, 1.82) is 0 Å². The molecule has 1 amide bonds. The van der Waals surface area contributed by atoms with Crippen molar-refractivity contribution in [2.45, 2.75) is 4.58 Å². The van der Waals surface area contributed by atoms with Gasteiger partial charge in [0.25, 0.3) is 5.91 Å². The molecule has 2 aliphatic rings. The summed E-state index contributed by atoms with van der Waals surface area (Å²) in [5.74, 6) is 2.61. The fourth-order valence-electron chi connectivity index (χ4n) is 3.32. The van der Waals surface area contributed by atoms with Gasteiger partial charge in [-0.05, 0) is 29.8 Å². The number of carbonyl (C=O) groups excluding carboxylic acids is 1. The van der Waals surface area contributed by atoms with Crippen LogP contribution in [0, 0.1) is 0 Å². The zero-order valence-electron chi connectivity index (χ0n) is 14.1. The number of nitrogens with zero attached hydrogens (tertiary/aromatic N) is 2. The summed E-state index contributed by atoms with van der Waals surface area (Å²) in [6.45, 7) is 3.35. The fraction of sp³-hybridized carbons (Fsp3) is 0.350. The summed E-state index contributed by atoms with van der Waals surface area (Å²) in [6, 6.07) is 18.7. The molecule has 0 atom stereocenters. The smallest absolute Gasteiger partial charge is 0.253 e. The van der Waals surface area contributed by atoms with Crippen molar-refractivity contribution in [2.75, 3.05) is 42.6 Å². The van der Waals surface area contributed by atoms with Crippen molar-refractivity contribution in [3.8, 4) is 0 Å². The number of rotatable bonds is 3. The molecule has 0 radical (unpaired) electrons. The SMILES string of the molecule is O=C(c1ccc(C2SCCS2)cc1)N1CCN(c2ccccc2)CC1. The molecule has 2 aliphatic heterocycles. The summed E-state index contributed by atoms with van der Waals surface area (Å²) >= 11 is 4.00. The second kappa shape index (κ2) is 7.75. The third-order valence-electron chi connectivity index (χ3n) is 4.74. The van der Waals surface area contributed by atoms with Crippen molar-refractivity contribution in [1.82, 2.24) is 4.90 Å². The van der Waals surface area contributed by atoms with Crippen LogP contribution >= 0.6 is 23.5 Å². The van der Waals surface area contributed by atoms with Crippen molar-refractivity contribution in [3.63, 3.8) is 0 Å². The largest absolute Gasteiger partial charge is 0.368 e. The van der Waals surface area contributed by atoms with Crippen LogP contribution in [0.1, 0.15) is 20.5 Å². The summed E-state index contributed by atoms with van der Waals surface area (Å²) < 4.78 is 0.540. The molecule has 2 aromatic rings.